The number of phosphoric ester groups is 1. The van der Waals surface area contributed by atoms with Crippen molar-refractivity contribution in [1.29, 1.82) is 0 Å². The maximum atomic E-state index is 12.3. The van der Waals surface area contributed by atoms with E-state index in [2.05, 4.69) is 26.0 Å². The summed E-state index contributed by atoms with van der Waals surface area (Å²) >= 11 is 0. The van der Waals surface area contributed by atoms with Gasteiger partial charge in [0.05, 0.1) is 12.7 Å². The van der Waals surface area contributed by atoms with Crippen LogP contribution >= 0.6 is 7.82 Å². The third kappa shape index (κ3) is 3.62. The minimum atomic E-state index is -4.11. The third-order valence-electron chi connectivity index (χ3n) is 8.92. The number of aliphatic hydroxyl groups is 1. The molecule has 0 saturated heterocycles. The molecule has 174 valence electrons. The molecule has 0 heterocycles. The number of nitrogens with two attached hydrogens (primary N) is 1. The Hall–Kier alpha value is -0.820. The van der Waals surface area contributed by atoms with Crippen LogP contribution in [0.2, 0.25) is 0 Å². The largest absolute Gasteiger partial charge is 0.472 e. The van der Waals surface area contributed by atoms with E-state index in [1.807, 2.05) is 0 Å². The van der Waals surface area contributed by atoms with Crippen molar-refractivity contribution in [3.8, 4) is 0 Å². The topological polar surface area (TPSA) is 119 Å². The molecule has 4 rings (SSSR count). The van der Waals surface area contributed by atoms with Gasteiger partial charge in [-0.05, 0) is 69.1 Å². The molecule has 0 aliphatic heterocycles. The summed E-state index contributed by atoms with van der Waals surface area (Å²) < 4.78 is 22.5. The van der Waals surface area contributed by atoms with Crippen LogP contribution < -0.4 is 5.73 Å². The quantitative estimate of drug-likeness (QED) is 0.525. The van der Waals surface area contributed by atoms with Gasteiger partial charge >= 0.3 is 7.82 Å². The number of rotatable bonds is 6. The van der Waals surface area contributed by atoms with Crippen LogP contribution in [0.3, 0.4) is 0 Å². The highest BCUT2D eigenvalue weighted by Gasteiger charge is 2.63. The lowest BCUT2D eigenvalue weighted by atomic mass is 9.50. The Kier molecular flexibility index (Phi) is 5.94. The maximum absolute atomic E-state index is 12.3. The summed E-state index contributed by atoms with van der Waals surface area (Å²) in [6, 6.07) is 0. The molecule has 0 bridgehead atoms. The molecular weight excluding hydrogens is 417 g/mol. The summed E-state index contributed by atoms with van der Waals surface area (Å²) in [6.45, 7) is 6.06. The predicted molar refractivity (Wildman–Crippen MR) is 117 cm³/mol. The Balaban J connectivity index is 1.57. The number of carbonyl (C=O) groups is 1. The zero-order valence-corrected chi connectivity index (χ0v) is 19.7. The van der Waals surface area contributed by atoms with Gasteiger partial charge in [0.2, 0.25) is 0 Å². The summed E-state index contributed by atoms with van der Waals surface area (Å²) in [5, 5.41) is 11.2. The zero-order valence-electron chi connectivity index (χ0n) is 18.8. The van der Waals surface area contributed by atoms with Crippen LogP contribution in [0, 0.1) is 22.7 Å². The first-order valence-corrected chi connectivity index (χ1v) is 13.0. The standard InChI is InChI=1S/C23H36NO6P/c1-15(25)23(26)11-8-20-18-5-4-16-14-17(30-31(27,28)29-13-12-24)6-9-21(16,2)19(18)7-10-22(20,23)3/h4-5,17,19-20,26H,6-14,24H2,1-3H3,(H,27,28)/t17?,19-,20-,21-,22-,23-/m0/s1. The van der Waals surface area contributed by atoms with Gasteiger partial charge < -0.3 is 15.7 Å². The minimum absolute atomic E-state index is 0.0121. The van der Waals surface area contributed by atoms with Crippen LogP contribution in [0.1, 0.15) is 65.7 Å². The van der Waals surface area contributed by atoms with Crippen molar-refractivity contribution in [2.45, 2.75) is 77.4 Å². The molecule has 0 amide bonds. The summed E-state index contributed by atoms with van der Waals surface area (Å²) in [6.07, 6.45) is 9.29. The van der Waals surface area contributed by atoms with Gasteiger partial charge in [-0.2, -0.15) is 0 Å². The van der Waals surface area contributed by atoms with Crippen molar-refractivity contribution in [3.63, 3.8) is 0 Å². The SMILES string of the molecule is CC(=O)[C@@]1(O)CC[C@H]2C3=CC=C4CC(OP(=O)(O)OCCN)CC[C@]4(C)[C@H]3CC[C@@]21C. The Morgan fingerprint density at radius 2 is 1.90 bits per heavy atom. The Bertz CT molecular complexity index is 870. The number of Topliss-reactive ketones (excluding diaryl/α,β-unsaturated/α-hetero) is 1. The average molecular weight is 454 g/mol. The summed E-state index contributed by atoms with van der Waals surface area (Å²) in [7, 11) is -4.11. The molecule has 31 heavy (non-hydrogen) atoms. The van der Waals surface area contributed by atoms with E-state index in [4.69, 9.17) is 14.8 Å². The van der Waals surface area contributed by atoms with E-state index >= 15 is 0 Å². The Morgan fingerprint density at radius 3 is 2.58 bits per heavy atom. The highest BCUT2D eigenvalue weighted by molar-refractivity contribution is 7.47. The molecule has 7 nitrogen and oxygen atoms in total. The lowest BCUT2D eigenvalue weighted by Gasteiger charge is -2.55. The van der Waals surface area contributed by atoms with Crippen LogP contribution in [0.5, 0.6) is 0 Å². The average Bonchev–Trinajstić information content (AvgIpc) is 2.99. The van der Waals surface area contributed by atoms with E-state index in [1.165, 1.54) is 18.1 Å². The van der Waals surface area contributed by atoms with Gasteiger partial charge in [-0.3, -0.25) is 13.8 Å². The summed E-state index contributed by atoms with van der Waals surface area (Å²) in [5.41, 5.74) is 6.31. The van der Waals surface area contributed by atoms with Crippen LogP contribution in [0.25, 0.3) is 0 Å². The number of phosphoric acid groups is 1. The van der Waals surface area contributed by atoms with E-state index in [9.17, 15) is 19.4 Å². The van der Waals surface area contributed by atoms with Gasteiger partial charge in [-0.1, -0.05) is 37.1 Å². The van der Waals surface area contributed by atoms with Crippen LogP contribution in [0.4, 0.5) is 0 Å². The second-order valence-electron chi connectivity index (χ2n) is 10.4. The molecule has 3 saturated carbocycles. The van der Waals surface area contributed by atoms with Gasteiger partial charge in [-0.15, -0.1) is 0 Å². The van der Waals surface area contributed by atoms with Gasteiger partial charge in [0, 0.05) is 12.0 Å². The molecule has 3 fully saturated rings. The predicted octanol–water partition coefficient (Wildman–Crippen LogP) is 3.65. The lowest BCUT2D eigenvalue weighted by Crippen LogP contribution is -2.54. The monoisotopic (exact) mass is 453 g/mol. The van der Waals surface area contributed by atoms with Crippen molar-refractivity contribution in [1.82, 2.24) is 0 Å². The van der Waals surface area contributed by atoms with Gasteiger partial charge in [0.1, 0.15) is 5.60 Å². The first-order chi connectivity index (χ1) is 14.5. The van der Waals surface area contributed by atoms with Crippen LogP contribution in [0.15, 0.2) is 23.3 Å². The zero-order chi connectivity index (χ0) is 22.7. The number of carbonyl (C=O) groups excluding carboxylic acids is 1. The first-order valence-electron chi connectivity index (χ1n) is 11.5. The highest BCUT2D eigenvalue weighted by Crippen LogP contribution is 2.66. The summed E-state index contributed by atoms with van der Waals surface area (Å²) in [4.78, 5) is 22.3. The van der Waals surface area contributed by atoms with Crippen molar-refractivity contribution < 1.29 is 28.4 Å². The summed E-state index contributed by atoms with van der Waals surface area (Å²) in [5.74, 6) is 0.471. The number of hydrogen-bond donors (Lipinski definition) is 3. The van der Waals surface area contributed by atoms with E-state index in [0.717, 1.165) is 25.7 Å². The van der Waals surface area contributed by atoms with Crippen LogP contribution in [-0.2, 0) is 18.4 Å². The minimum Gasteiger partial charge on any atom is -0.381 e. The molecule has 7 atom stereocenters. The number of hydrogen-bond acceptors (Lipinski definition) is 6. The van der Waals surface area contributed by atoms with E-state index in [1.54, 1.807) is 0 Å². The van der Waals surface area contributed by atoms with Crippen molar-refractivity contribution >= 4 is 13.6 Å². The highest BCUT2D eigenvalue weighted by atomic mass is 31.2. The lowest BCUT2D eigenvalue weighted by molar-refractivity contribution is -0.151. The molecule has 0 radical (unpaired) electrons. The van der Waals surface area contributed by atoms with Crippen molar-refractivity contribution in [2.24, 2.45) is 28.4 Å². The van der Waals surface area contributed by atoms with Gasteiger partial charge in [0.25, 0.3) is 0 Å². The van der Waals surface area contributed by atoms with Crippen molar-refractivity contribution in [2.75, 3.05) is 13.2 Å². The third-order valence-corrected chi connectivity index (χ3v) is 9.99. The maximum Gasteiger partial charge on any atom is 0.472 e. The molecule has 4 aliphatic carbocycles. The Labute approximate surface area is 184 Å². The number of ketones is 1. The normalized spacial score (nSPS) is 43.7. The molecule has 0 aromatic carbocycles. The van der Waals surface area contributed by atoms with E-state index in [0.29, 0.717) is 25.2 Å². The fourth-order valence-electron chi connectivity index (χ4n) is 7.04. The molecule has 0 aromatic rings. The Morgan fingerprint density at radius 1 is 1.19 bits per heavy atom. The second kappa shape index (κ2) is 7.89. The number of allylic oxidation sites excluding steroid dienone is 3. The van der Waals surface area contributed by atoms with Crippen LogP contribution in [-0.4, -0.2) is 40.6 Å². The van der Waals surface area contributed by atoms with E-state index < -0.39 is 18.8 Å². The molecule has 4 aliphatic rings. The molecule has 4 N–H and O–H groups in total. The first kappa shape index (κ1) is 23.3. The smallest absolute Gasteiger partial charge is 0.381 e. The second-order valence-corrected chi connectivity index (χ2v) is 11.8. The van der Waals surface area contributed by atoms with Gasteiger partial charge in [-0.25, -0.2) is 4.57 Å². The molecule has 2 unspecified atom stereocenters. The fraction of sp³-hybridized carbons (Fsp3) is 0.783. The van der Waals surface area contributed by atoms with Gasteiger partial charge in [0.15, 0.2) is 5.78 Å². The fourth-order valence-corrected chi connectivity index (χ4v) is 8.00. The molecule has 8 heteroatoms. The molecule has 0 aromatic heterocycles. The van der Waals surface area contributed by atoms with E-state index in [-0.39, 0.29) is 36.4 Å². The molecular formula is C23H36NO6P. The number of fused-ring (bicyclic) bond motifs is 5. The van der Waals surface area contributed by atoms with Crippen molar-refractivity contribution in [3.05, 3.63) is 23.3 Å². The molecule has 0 spiro atoms.